The van der Waals surface area contributed by atoms with Gasteiger partial charge in [-0.05, 0) is 69.2 Å². The van der Waals surface area contributed by atoms with Crippen molar-refractivity contribution in [1.29, 1.82) is 0 Å². The van der Waals surface area contributed by atoms with E-state index in [1.54, 1.807) is 7.11 Å². The van der Waals surface area contributed by atoms with Gasteiger partial charge in [0.2, 0.25) is 5.91 Å². The minimum absolute atomic E-state index is 0.0472. The molecule has 0 saturated heterocycles. The number of methoxy groups -OCH3 is 1. The van der Waals surface area contributed by atoms with E-state index in [1.807, 2.05) is 13.8 Å². The fraction of sp³-hybridized carbons (Fsp3) is 0.720. The van der Waals surface area contributed by atoms with Crippen LogP contribution in [0.2, 0.25) is 0 Å². The molecule has 0 aromatic heterocycles. The maximum Gasteiger partial charge on any atom is 0.416 e. The summed E-state index contributed by atoms with van der Waals surface area (Å²) >= 11 is 0. The van der Waals surface area contributed by atoms with Crippen molar-refractivity contribution >= 4 is 5.91 Å². The average molecular weight is 527 g/mol. The molecule has 0 heterocycles. The first-order valence-electron chi connectivity index (χ1n) is 12.0. The number of alkyl halides is 6. The van der Waals surface area contributed by atoms with E-state index < -0.39 is 46.9 Å². The number of halogens is 6. The molecule has 1 saturated carbocycles. The third-order valence-corrected chi connectivity index (χ3v) is 7.23. The van der Waals surface area contributed by atoms with Gasteiger partial charge >= 0.3 is 12.4 Å². The van der Waals surface area contributed by atoms with Gasteiger partial charge in [0.25, 0.3) is 0 Å². The van der Waals surface area contributed by atoms with E-state index in [0.717, 1.165) is 6.42 Å². The van der Waals surface area contributed by atoms with E-state index in [4.69, 9.17) is 4.74 Å². The number of benzene rings is 1. The Kier molecular flexibility index (Phi) is 9.51. The Hall–Kier alpha value is -1.85. The third kappa shape index (κ3) is 7.13. The van der Waals surface area contributed by atoms with Crippen molar-refractivity contribution in [3.8, 4) is 0 Å². The number of ether oxygens (including phenoxy) is 1. The molecule has 5 nitrogen and oxygen atoms in total. The van der Waals surface area contributed by atoms with E-state index in [2.05, 4.69) is 10.6 Å². The normalized spacial score (nSPS) is 22.9. The Bertz CT molecular complexity index is 865. The zero-order chi connectivity index (χ0) is 27.5. The van der Waals surface area contributed by atoms with Crippen LogP contribution in [-0.4, -0.2) is 42.4 Å². The molecule has 1 fully saturated rings. The lowest BCUT2D eigenvalue weighted by Gasteiger charge is -2.39. The number of carbonyl (C=O) groups excluding carboxylic acids is 1. The van der Waals surface area contributed by atoms with Gasteiger partial charge in [0, 0.05) is 25.7 Å². The zero-order valence-corrected chi connectivity index (χ0v) is 21.2. The van der Waals surface area contributed by atoms with Crippen LogP contribution in [0.25, 0.3) is 0 Å². The molecule has 0 spiro atoms. The van der Waals surface area contributed by atoms with Crippen LogP contribution in [0.5, 0.6) is 0 Å². The van der Waals surface area contributed by atoms with Crippen molar-refractivity contribution in [1.82, 2.24) is 10.6 Å². The topological polar surface area (TPSA) is 70.6 Å². The summed E-state index contributed by atoms with van der Waals surface area (Å²) < 4.78 is 84.3. The van der Waals surface area contributed by atoms with Crippen LogP contribution < -0.4 is 10.6 Å². The number of amides is 1. The molecule has 0 bridgehead atoms. The van der Waals surface area contributed by atoms with Gasteiger partial charge in [0.15, 0.2) is 0 Å². The Morgan fingerprint density at radius 3 is 2.14 bits per heavy atom. The maximum atomic E-state index is 13.3. The van der Waals surface area contributed by atoms with E-state index in [1.165, 1.54) is 13.8 Å². The van der Waals surface area contributed by atoms with Crippen molar-refractivity contribution in [2.24, 2.45) is 11.3 Å². The SMILES string of the molecule is CCC(N[C@@H]1CC[C@@](C(=O)NCc2cc(C(F)(F)F)cc(C(F)(F)F)c2)(C(C)(C)O)C1)C(C)COC. The number of hydrogen-bond donors (Lipinski definition) is 3. The molecular formula is C25H36F6N2O3. The molecule has 0 aliphatic heterocycles. The summed E-state index contributed by atoms with van der Waals surface area (Å²) in [5, 5.41) is 17.0. The second-order valence-electron chi connectivity index (χ2n) is 10.3. The third-order valence-electron chi connectivity index (χ3n) is 7.23. The lowest BCUT2D eigenvalue weighted by atomic mass is 9.71. The Balaban J connectivity index is 2.23. The number of nitrogens with one attached hydrogen (secondary N) is 2. The van der Waals surface area contributed by atoms with Gasteiger partial charge in [-0.15, -0.1) is 0 Å². The molecule has 206 valence electrons. The van der Waals surface area contributed by atoms with Gasteiger partial charge < -0.3 is 20.5 Å². The molecule has 11 heteroatoms. The van der Waals surface area contributed by atoms with Crippen LogP contribution in [0.15, 0.2) is 18.2 Å². The number of rotatable bonds is 10. The molecule has 1 aromatic carbocycles. The largest absolute Gasteiger partial charge is 0.416 e. The zero-order valence-electron chi connectivity index (χ0n) is 21.2. The smallest absolute Gasteiger partial charge is 0.389 e. The standard InChI is InChI=1S/C25H36F6N2O3/c1-6-20(15(2)14-36-5)33-19-7-8-23(12-19,22(3,4)35)21(34)32-13-16-9-17(24(26,27)28)11-18(10-16)25(29,30)31/h9-11,15,19-20,33,35H,6-8,12-14H2,1-5H3,(H,32,34)/t15?,19-,20?,23-/m1/s1. The predicted octanol–water partition coefficient (Wildman–Crippen LogP) is 5.30. The Morgan fingerprint density at radius 2 is 1.69 bits per heavy atom. The minimum atomic E-state index is -4.98. The molecule has 3 N–H and O–H groups in total. The summed E-state index contributed by atoms with van der Waals surface area (Å²) in [6, 6.07) is 1.24. The molecule has 1 aliphatic carbocycles. The second kappa shape index (κ2) is 11.3. The summed E-state index contributed by atoms with van der Waals surface area (Å²) in [4.78, 5) is 13.3. The highest BCUT2D eigenvalue weighted by atomic mass is 19.4. The van der Waals surface area contributed by atoms with Crippen molar-refractivity contribution in [2.75, 3.05) is 13.7 Å². The average Bonchev–Trinajstić information content (AvgIpc) is 3.20. The van der Waals surface area contributed by atoms with Crippen molar-refractivity contribution in [3.05, 3.63) is 34.9 Å². The Labute approximate surface area is 208 Å². The monoisotopic (exact) mass is 526 g/mol. The number of aliphatic hydroxyl groups is 1. The second-order valence-corrected chi connectivity index (χ2v) is 10.3. The molecule has 0 radical (unpaired) electrons. The molecular weight excluding hydrogens is 490 g/mol. The Morgan fingerprint density at radius 1 is 1.14 bits per heavy atom. The van der Waals surface area contributed by atoms with Gasteiger partial charge in [0.05, 0.1) is 28.7 Å². The lowest BCUT2D eigenvalue weighted by molar-refractivity contribution is -0.146. The first-order chi connectivity index (χ1) is 16.4. The highest BCUT2D eigenvalue weighted by Crippen LogP contribution is 2.47. The summed E-state index contributed by atoms with van der Waals surface area (Å²) in [6.07, 6.45) is -7.97. The summed E-state index contributed by atoms with van der Waals surface area (Å²) in [5.74, 6) is -0.405. The van der Waals surface area contributed by atoms with Crippen LogP contribution >= 0.6 is 0 Å². The number of hydrogen-bond acceptors (Lipinski definition) is 4. The van der Waals surface area contributed by atoms with Crippen LogP contribution in [0.1, 0.15) is 70.1 Å². The van der Waals surface area contributed by atoms with Gasteiger partial charge in [0.1, 0.15) is 0 Å². The van der Waals surface area contributed by atoms with Gasteiger partial charge in [-0.1, -0.05) is 13.8 Å². The molecule has 1 aliphatic rings. The van der Waals surface area contributed by atoms with Crippen LogP contribution in [0.3, 0.4) is 0 Å². The fourth-order valence-corrected chi connectivity index (χ4v) is 5.07. The van der Waals surface area contributed by atoms with E-state index in [-0.39, 0.29) is 36.1 Å². The first-order valence-corrected chi connectivity index (χ1v) is 12.0. The van der Waals surface area contributed by atoms with E-state index in [0.29, 0.717) is 31.6 Å². The molecule has 2 unspecified atom stereocenters. The van der Waals surface area contributed by atoms with E-state index in [9.17, 15) is 36.2 Å². The summed E-state index contributed by atoms with van der Waals surface area (Å²) in [7, 11) is 1.62. The highest BCUT2D eigenvalue weighted by Gasteiger charge is 2.54. The maximum absolute atomic E-state index is 13.3. The van der Waals surface area contributed by atoms with E-state index >= 15 is 0 Å². The number of carbonyl (C=O) groups is 1. The highest BCUT2D eigenvalue weighted by molar-refractivity contribution is 5.84. The van der Waals surface area contributed by atoms with Crippen LogP contribution in [0, 0.1) is 11.3 Å². The quantitative estimate of drug-likeness (QED) is 0.362. The molecule has 1 amide bonds. The van der Waals surface area contributed by atoms with Gasteiger partial charge in [-0.2, -0.15) is 26.3 Å². The predicted molar refractivity (Wildman–Crippen MR) is 123 cm³/mol. The van der Waals surface area contributed by atoms with Crippen LogP contribution in [-0.2, 0) is 28.4 Å². The molecule has 2 rings (SSSR count). The molecule has 4 atom stereocenters. The van der Waals surface area contributed by atoms with Gasteiger partial charge in [-0.3, -0.25) is 4.79 Å². The fourth-order valence-electron chi connectivity index (χ4n) is 5.07. The lowest BCUT2D eigenvalue weighted by Crippen LogP contribution is -2.53. The summed E-state index contributed by atoms with van der Waals surface area (Å²) in [5.41, 5.74) is -5.96. The van der Waals surface area contributed by atoms with Crippen molar-refractivity contribution < 1.29 is 41.0 Å². The summed E-state index contributed by atoms with van der Waals surface area (Å²) in [6.45, 7) is 7.06. The first kappa shape index (κ1) is 30.4. The minimum Gasteiger partial charge on any atom is -0.389 e. The van der Waals surface area contributed by atoms with Crippen molar-refractivity contribution in [3.63, 3.8) is 0 Å². The molecule has 36 heavy (non-hydrogen) atoms. The van der Waals surface area contributed by atoms with Crippen molar-refractivity contribution in [2.45, 2.75) is 90.0 Å². The van der Waals surface area contributed by atoms with Crippen LogP contribution in [0.4, 0.5) is 26.3 Å². The molecule has 1 aromatic rings. The van der Waals surface area contributed by atoms with Gasteiger partial charge in [-0.25, -0.2) is 0 Å².